The van der Waals surface area contributed by atoms with Gasteiger partial charge in [0, 0.05) is 17.1 Å². The molecule has 0 N–H and O–H groups in total. The Hall–Kier alpha value is -1.22. The number of ether oxygens (including phenoxy) is 1. The van der Waals surface area contributed by atoms with Gasteiger partial charge in [-0.05, 0) is 26.3 Å². The molecule has 0 bridgehead atoms. The van der Waals surface area contributed by atoms with E-state index < -0.39 is 0 Å². The highest BCUT2D eigenvalue weighted by Gasteiger charge is 2.02. The second-order valence-corrected chi connectivity index (χ2v) is 5.42. The summed E-state index contributed by atoms with van der Waals surface area (Å²) in [6.45, 7) is 6.01. The number of thioether (sulfide) groups is 1. The molecule has 0 aliphatic heterocycles. The standard InChI is InChI=1S/C15H20O2S/c1-11-7-12(2)9-14(8-11)10-18-6-5-13(3)15(16)17-4/h5,7-9H,6,10H2,1-4H3. The molecule has 1 rings (SSSR count). The molecule has 0 heterocycles. The normalized spacial score (nSPS) is 11.4. The van der Waals surface area contributed by atoms with E-state index >= 15 is 0 Å². The highest BCUT2D eigenvalue weighted by atomic mass is 32.2. The molecular weight excluding hydrogens is 244 g/mol. The monoisotopic (exact) mass is 264 g/mol. The van der Waals surface area contributed by atoms with Gasteiger partial charge in [0.25, 0.3) is 0 Å². The molecule has 1 aromatic rings. The van der Waals surface area contributed by atoms with Crippen LogP contribution in [0.1, 0.15) is 23.6 Å². The van der Waals surface area contributed by atoms with Crippen molar-refractivity contribution in [1.29, 1.82) is 0 Å². The van der Waals surface area contributed by atoms with Crippen molar-refractivity contribution in [3.8, 4) is 0 Å². The van der Waals surface area contributed by atoms with Gasteiger partial charge in [0.05, 0.1) is 7.11 Å². The van der Waals surface area contributed by atoms with Crippen molar-refractivity contribution in [2.45, 2.75) is 26.5 Å². The van der Waals surface area contributed by atoms with E-state index in [1.807, 2.05) is 6.08 Å². The van der Waals surface area contributed by atoms with E-state index in [0.29, 0.717) is 5.57 Å². The largest absolute Gasteiger partial charge is 0.466 e. The fraction of sp³-hybridized carbons (Fsp3) is 0.400. The Balaban J connectivity index is 2.45. The van der Waals surface area contributed by atoms with Gasteiger partial charge in [-0.25, -0.2) is 4.79 Å². The number of carbonyl (C=O) groups excluding carboxylic acids is 1. The van der Waals surface area contributed by atoms with Gasteiger partial charge in [-0.15, -0.1) is 0 Å². The molecule has 0 spiro atoms. The first-order valence-electron chi connectivity index (χ1n) is 5.93. The molecule has 0 aliphatic rings. The zero-order chi connectivity index (χ0) is 13.5. The number of hydrogen-bond donors (Lipinski definition) is 0. The van der Waals surface area contributed by atoms with E-state index in [-0.39, 0.29) is 5.97 Å². The first-order chi connectivity index (χ1) is 8.52. The number of aryl methyl sites for hydroxylation is 2. The Morgan fingerprint density at radius 1 is 1.28 bits per heavy atom. The summed E-state index contributed by atoms with van der Waals surface area (Å²) in [4.78, 5) is 11.2. The van der Waals surface area contributed by atoms with E-state index in [1.54, 1.807) is 18.7 Å². The molecule has 0 aliphatic carbocycles. The summed E-state index contributed by atoms with van der Waals surface area (Å²) >= 11 is 1.80. The number of rotatable bonds is 5. The van der Waals surface area contributed by atoms with Crippen molar-refractivity contribution < 1.29 is 9.53 Å². The number of hydrogen-bond acceptors (Lipinski definition) is 3. The van der Waals surface area contributed by atoms with Crippen LogP contribution in [-0.2, 0) is 15.3 Å². The summed E-state index contributed by atoms with van der Waals surface area (Å²) in [7, 11) is 1.41. The average Bonchev–Trinajstić information content (AvgIpc) is 2.32. The van der Waals surface area contributed by atoms with Crippen molar-refractivity contribution in [2.75, 3.05) is 12.9 Å². The van der Waals surface area contributed by atoms with Crippen LogP contribution < -0.4 is 0 Å². The topological polar surface area (TPSA) is 26.3 Å². The minimum absolute atomic E-state index is 0.248. The number of carbonyl (C=O) groups is 1. The molecule has 0 atom stereocenters. The first kappa shape index (κ1) is 14.8. The molecule has 98 valence electrons. The Bertz CT molecular complexity index is 430. The van der Waals surface area contributed by atoms with E-state index in [9.17, 15) is 4.79 Å². The van der Waals surface area contributed by atoms with E-state index in [4.69, 9.17) is 0 Å². The van der Waals surface area contributed by atoms with Gasteiger partial charge in [-0.2, -0.15) is 11.8 Å². The Labute approximate surface area is 113 Å². The summed E-state index contributed by atoms with van der Waals surface area (Å²) in [6.07, 6.45) is 1.92. The quantitative estimate of drug-likeness (QED) is 0.461. The van der Waals surface area contributed by atoms with E-state index in [1.165, 1.54) is 23.8 Å². The van der Waals surface area contributed by atoms with Crippen molar-refractivity contribution in [1.82, 2.24) is 0 Å². The number of esters is 1. The molecule has 0 fully saturated rings. The van der Waals surface area contributed by atoms with E-state index in [0.717, 1.165) is 11.5 Å². The van der Waals surface area contributed by atoms with Crippen LogP contribution in [0, 0.1) is 13.8 Å². The lowest BCUT2D eigenvalue weighted by Gasteiger charge is -2.04. The molecule has 0 saturated carbocycles. The molecular formula is C15H20O2S. The number of benzene rings is 1. The second kappa shape index (κ2) is 7.27. The summed E-state index contributed by atoms with van der Waals surface area (Å²) < 4.78 is 4.64. The predicted molar refractivity (Wildman–Crippen MR) is 77.9 cm³/mol. The maximum absolute atomic E-state index is 11.2. The van der Waals surface area contributed by atoms with Gasteiger partial charge in [-0.1, -0.05) is 35.4 Å². The molecule has 3 heteroatoms. The Morgan fingerprint density at radius 3 is 2.44 bits per heavy atom. The minimum Gasteiger partial charge on any atom is -0.466 e. The average molecular weight is 264 g/mol. The van der Waals surface area contributed by atoms with E-state index in [2.05, 4.69) is 36.8 Å². The van der Waals surface area contributed by atoms with Crippen LogP contribution in [-0.4, -0.2) is 18.8 Å². The van der Waals surface area contributed by atoms with Gasteiger partial charge in [0.15, 0.2) is 0 Å². The van der Waals surface area contributed by atoms with Crippen LogP contribution in [0.25, 0.3) is 0 Å². The van der Waals surface area contributed by atoms with Crippen LogP contribution in [0.15, 0.2) is 29.8 Å². The zero-order valence-corrected chi connectivity index (χ0v) is 12.3. The maximum Gasteiger partial charge on any atom is 0.333 e. The lowest BCUT2D eigenvalue weighted by Crippen LogP contribution is -2.01. The smallest absolute Gasteiger partial charge is 0.333 e. The molecule has 18 heavy (non-hydrogen) atoms. The molecule has 0 unspecified atom stereocenters. The van der Waals surface area contributed by atoms with Crippen molar-refractivity contribution in [2.24, 2.45) is 0 Å². The van der Waals surface area contributed by atoms with Crippen molar-refractivity contribution in [3.63, 3.8) is 0 Å². The summed E-state index contributed by atoms with van der Waals surface area (Å²) in [5.41, 5.74) is 4.60. The van der Waals surface area contributed by atoms with Crippen LogP contribution >= 0.6 is 11.8 Å². The lowest BCUT2D eigenvalue weighted by atomic mass is 10.1. The van der Waals surface area contributed by atoms with Gasteiger partial charge in [0.1, 0.15) is 0 Å². The first-order valence-corrected chi connectivity index (χ1v) is 7.08. The van der Waals surface area contributed by atoms with Gasteiger partial charge >= 0.3 is 5.97 Å². The molecule has 0 amide bonds. The fourth-order valence-corrected chi connectivity index (χ4v) is 2.65. The predicted octanol–water partition coefficient (Wildman–Crippen LogP) is 3.66. The third-order valence-corrected chi connectivity index (χ3v) is 3.50. The summed E-state index contributed by atoms with van der Waals surface area (Å²) in [5.74, 6) is 1.54. The van der Waals surface area contributed by atoms with Gasteiger partial charge in [-0.3, -0.25) is 0 Å². The summed E-state index contributed by atoms with van der Waals surface area (Å²) in [5, 5.41) is 0. The Morgan fingerprint density at radius 2 is 1.89 bits per heavy atom. The highest BCUT2D eigenvalue weighted by molar-refractivity contribution is 7.98. The number of methoxy groups -OCH3 is 1. The highest BCUT2D eigenvalue weighted by Crippen LogP contribution is 2.16. The molecule has 2 nitrogen and oxygen atoms in total. The van der Waals surface area contributed by atoms with Crippen LogP contribution in [0.4, 0.5) is 0 Å². The third kappa shape index (κ3) is 4.96. The lowest BCUT2D eigenvalue weighted by molar-refractivity contribution is -0.136. The third-order valence-electron chi connectivity index (χ3n) is 2.56. The van der Waals surface area contributed by atoms with Crippen LogP contribution in [0.2, 0.25) is 0 Å². The zero-order valence-electron chi connectivity index (χ0n) is 11.4. The van der Waals surface area contributed by atoms with Crippen molar-refractivity contribution in [3.05, 3.63) is 46.5 Å². The molecule has 1 aromatic carbocycles. The van der Waals surface area contributed by atoms with Crippen LogP contribution in [0.3, 0.4) is 0 Å². The SMILES string of the molecule is COC(=O)C(C)=CCSCc1cc(C)cc(C)c1. The van der Waals surface area contributed by atoms with Crippen molar-refractivity contribution >= 4 is 17.7 Å². The second-order valence-electron chi connectivity index (χ2n) is 4.39. The summed E-state index contributed by atoms with van der Waals surface area (Å²) in [6, 6.07) is 6.59. The van der Waals surface area contributed by atoms with Gasteiger partial charge in [0.2, 0.25) is 0 Å². The maximum atomic E-state index is 11.2. The minimum atomic E-state index is -0.248. The molecule has 0 saturated heterocycles. The fourth-order valence-electron chi connectivity index (χ4n) is 1.76. The van der Waals surface area contributed by atoms with Gasteiger partial charge < -0.3 is 4.74 Å². The molecule has 0 aromatic heterocycles. The van der Waals surface area contributed by atoms with Crippen LogP contribution in [0.5, 0.6) is 0 Å². The Kier molecular flexibility index (Phi) is 5.99. The molecule has 0 radical (unpaired) electrons.